The average molecular weight is 294 g/mol. The van der Waals surface area contributed by atoms with Gasteiger partial charge in [-0.2, -0.15) is 0 Å². The third kappa shape index (κ3) is 4.47. The molecule has 2 rings (SSSR count). The summed E-state index contributed by atoms with van der Waals surface area (Å²) in [6.45, 7) is 8.88. The lowest BCUT2D eigenvalue weighted by Gasteiger charge is -2.39. The fourth-order valence-electron chi connectivity index (χ4n) is 3.49. The van der Waals surface area contributed by atoms with Crippen LogP contribution >= 0.6 is 0 Å². The molecule has 120 valence electrons. The van der Waals surface area contributed by atoms with E-state index in [2.05, 4.69) is 24.4 Å². The molecule has 0 spiro atoms. The maximum absolute atomic E-state index is 12.4. The summed E-state index contributed by atoms with van der Waals surface area (Å²) < 4.78 is 5.56. The Bertz CT molecular complexity index is 373. The fraction of sp³-hybridized carbons (Fsp3) is 0.824. The van der Waals surface area contributed by atoms with Crippen LogP contribution < -0.4 is 5.32 Å². The SMILES string of the molecule is C/C=C/CCNC1CC2CCC(C1)N2C(=O)OC(C)(C)C. The third-order valence-electron chi connectivity index (χ3n) is 4.32. The molecule has 2 aliphatic heterocycles. The van der Waals surface area contributed by atoms with Crippen molar-refractivity contribution >= 4 is 6.09 Å². The Balaban J connectivity index is 1.85. The molecule has 0 aromatic rings. The predicted molar refractivity (Wildman–Crippen MR) is 85.3 cm³/mol. The number of carbonyl (C=O) groups excluding carboxylic acids is 1. The van der Waals surface area contributed by atoms with E-state index in [1.807, 2.05) is 25.7 Å². The van der Waals surface area contributed by atoms with E-state index in [0.29, 0.717) is 18.1 Å². The van der Waals surface area contributed by atoms with Crippen LogP contribution in [-0.2, 0) is 4.74 Å². The van der Waals surface area contributed by atoms with Crippen LogP contribution in [0.4, 0.5) is 4.79 Å². The Morgan fingerprint density at radius 3 is 2.43 bits per heavy atom. The van der Waals surface area contributed by atoms with E-state index in [0.717, 1.165) is 38.6 Å². The summed E-state index contributed by atoms with van der Waals surface area (Å²) in [4.78, 5) is 14.4. The number of hydrogen-bond donors (Lipinski definition) is 1. The van der Waals surface area contributed by atoms with Crippen molar-refractivity contribution in [3.05, 3.63) is 12.2 Å². The van der Waals surface area contributed by atoms with Crippen molar-refractivity contribution in [2.24, 2.45) is 0 Å². The average Bonchev–Trinajstić information content (AvgIpc) is 2.65. The molecule has 4 nitrogen and oxygen atoms in total. The molecule has 4 heteroatoms. The summed E-state index contributed by atoms with van der Waals surface area (Å²) in [5.74, 6) is 0. The van der Waals surface area contributed by atoms with Gasteiger partial charge in [0.05, 0.1) is 0 Å². The number of allylic oxidation sites excluding steroid dienone is 1. The molecular weight excluding hydrogens is 264 g/mol. The van der Waals surface area contributed by atoms with Gasteiger partial charge in [0.1, 0.15) is 5.60 Å². The predicted octanol–water partition coefficient (Wildman–Crippen LogP) is 3.47. The van der Waals surface area contributed by atoms with E-state index < -0.39 is 5.60 Å². The number of hydrogen-bond acceptors (Lipinski definition) is 3. The highest BCUT2D eigenvalue weighted by molar-refractivity contribution is 5.69. The maximum Gasteiger partial charge on any atom is 0.410 e. The third-order valence-corrected chi connectivity index (χ3v) is 4.32. The molecule has 0 saturated carbocycles. The van der Waals surface area contributed by atoms with Crippen molar-refractivity contribution in [1.29, 1.82) is 0 Å². The summed E-state index contributed by atoms with van der Waals surface area (Å²) in [7, 11) is 0. The summed E-state index contributed by atoms with van der Waals surface area (Å²) in [6, 6.07) is 1.27. The summed E-state index contributed by atoms with van der Waals surface area (Å²) in [5, 5.41) is 3.63. The van der Waals surface area contributed by atoms with Gasteiger partial charge in [-0.05, 0) is 66.3 Å². The molecule has 2 saturated heterocycles. The van der Waals surface area contributed by atoms with Crippen LogP contribution in [0.15, 0.2) is 12.2 Å². The van der Waals surface area contributed by atoms with E-state index >= 15 is 0 Å². The number of fused-ring (bicyclic) bond motifs is 2. The van der Waals surface area contributed by atoms with Gasteiger partial charge in [0.2, 0.25) is 0 Å². The standard InChI is InChI=1S/C17H30N2O2/c1-5-6-7-10-18-13-11-14-8-9-15(12-13)19(14)16(20)21-17(2,3)4/h5-6,13-15,18H,7-12H2,1-4H3/b6-5+. The molecule has 0 aromatic carbocycles. The van der Waals surface area contributed by atoms with Crippen molar-refractivity contribution in [2.45, 2.75) is 83.5 Å². The Labute approximate surface area is 128 Å². The van der Waals surface area contributed by atoms with Crippen molar-refractivity contribution in [1.82, 2.24) is 10.2 Å². The first-order chi connectivity index (χ1) is 9.90. The summed E-state index contributed by atoms with van der Waals surface area (Å²) in [6.07, 6.45) is 9.61. The molecular formula is C17H30N2O2. The molecule has 1 N–H and O–H groups in total. The molecule has 0 aromatic heterocycles. The van der Waals surface area contributed by atoms with Gasteiger partial charge in [-0.3, -0.25) is 0 Å². The number of carbonyl (C=O) groups is 1. The normalized spacial score (nSPS) is 29.1. The molecule has 2 bridgehead atoms. The second-order valence-electron chi connectivity index (χ2n) is 7.25. The maximum atomic E-state index is 12.4. The Morgan fingerprint density at radius 2 is 1.90 bits per heavy atom. The molecule has 21 heavy (non-hydrogen) atoms. The lowest BCUT2D eigenvalue weighted by Crippen LogP contribution is -2.52. The molecule has 2 aliphatic rings. The Kier molecular flexibility index (Phi) is 5.31. The molecule has 2 unspecified atom stereocenters. The monoisotopic (exact) mass is 294 g/mol. The van der Waals surface area contributed by atoms with Gasteiger partial charge in [-0.1, -0.05) is 12.2 Å². The quantitative estimate of drug-likeness (QED) is 0.637. The lowest BCUT2D eigenvalue weighted by atomic mass is 9.97. The first kappa shape index (κ1) is 16.3. The van der Waals surface area contributed by atoms with Crippen LogP contribution in [0.3, 0.4) is 0 Å². The second kappa shape index (κ2) is 6.82. The minimum atomic E-state index is -0.405. The van der Waals surface area contributed by atoms with Gasteiger partial charge < -0.3 is 15.0 Å². The van der Waals surface area contributed by atoms with Crippen molar-refractivity contribution in [3.63, 3.8) is 0 Å². The van der Waals surface area contributed by atoms with E-state index in [1.165, 1.54) is 0 Å². The zero-order valence-corrected chi connectivity index (χ0v) is 13.9. The van der Waals surface area contributed by atoms with E-state index in [4.69, 9.17) is 4.74 Å². The highest BCUT2D eigenvalue weighted by Crippen LogP contribution is 2.36. The van der Waals surface area contributed by atoms with Crippen LogP contribution in [0.5, 0.6) is 0 Å². The summed E-state index contributed by atoms with van der Waals surface area (Å²) in [5.41, 5.74) is -0.405. The minimum absolute atomic E-state index is 0.123. The molecule has 2 atom stereocenters. The van der Waals surface area contributed by atoms with Crippen molar-refractivity contribution in [2.75, 3.05) is 6.54 Å². The largest absolute Gasteiger partial charge is 0.444 e. The van der Waals surface area contributed by atoms with Crippen LogP contribution in [-0.4, -0.2) is 41.3 Å². The Hall–Kier alpha value is -1.03. The van der Waals surface area contributed by atoms with Gasteiger partial charge in [0, 0.05) is 18.1 Å². The van der Waals surface area contributed by atoms with Crippen molar-refractivity contribution in [3.8, 4) is 0 Å². The van der Waals surface area contributed by atoms with Crippen LogP contribution in [0.25, 0.3) is 0 Å². The number of nitrogens with one attached hydrogen (secondary N) is 1. The van der Waals surface area contributed by atoms with Gasteiger partial charge in [0.25, 0.3) is 0 Å². The number of ether oxygens (including phenoxy) is 1. The van der Waals surface area contributed by atoms with Crippen LogP contribution in [0.2, 0.25) is 0 Å². The van der Waals surface area contributed by atoms with Crippen LogP contribution in [0.1, 0.15) is 59.8 Å². The van der Waals surface area contributed by atoms with Gasteiger partial charge in [0.15, 0.2) is 0 Å². The second-order valence-corrected chi connectivity index (χ2v) is 7.25. The number of rotatable bonds is 4. The number of piperidine rings is 1. The van der Waals surface area contributed by atoms with E-state index in [-0.39, 0.29) is 6.09 Å². The highest BCUT2D eigenvalue weighted by atomic mass is 16.6. The van der Waals surface area contributed by atoms with Crippen LogP contribution in [0, 0.1) is 0 Å². The first-order valence-electron chi connectivity index (χ1n) is 8.26. The number of amides is 1. The zero-order chi connectivity index (χ0) is 15.5. The Morgan fingerprint density at radius 1 is 1.29 bits per heavy atom. The topological polar surface area (TPSA) is 41.6 Å². The molecule has 0 radical (unpaired) electrons. The minimum Gasteiger partial charge on any atom is -0.444 e. The molecule has 2 fully saturated rings. The van der Waals surface area contributed by atoms with Crippen molar-refractivity contribution < 1.29 is 9.53 Å². The zero-order valence-electron chi connectivity index (χ0n) is 13.9. The van der Waals surface area contributed by atoms with Gasteiger partial charge in [-0.25, -0.2) is 4.79 Å². The smallest absolute Gasteiger partial charge is 0.410 e. The molecule has 1 amide bonds. The molecule has 2 heterocycles. The highest BCUT2D eigenvalue weighted by Gasteiger charge is 2.44. The van der Waals surface area contributed by atoms with Gasteiger partial charge >= 0.3 is 6.09 Å². The van der Waals surface area contributed by atoms with E-state index in [9.17, 15) is 4.79 Å². The summed E-state index contributed by atoms with van der Waals surface area (Å²) >= 11 is 0. The first-order valence-corrected chi connectivity index (χ1v) is 8.26. The number of nitrogens with zero attached hydrogens (tertiary/aromatic N) is 1. The fourth-order valence-corrected chi connectivity index (χ4v) is 3.49. The van der Waals surface area contributed by atoms with E-state index in [1.54, 1.807) is 0 Å². The van der Waals surface area contributed by atoms with Gasteiger partial charge in [-0.15, -0.1) is 0 Å². The lowest BCUT2D eigenvalue weighted by molar-refractivity contribution is 0.00478. The molecule has 0 aliphatic carbocycles.